The summed E-state index contributed by atoms with van der Waals surface area (Å²) in [5.41, 5.74) is 0.907. The van der Waals surface area contributed by atoms with Gasteiger partial charge in [-0.1, -0.05) is 6.07 Å². The largest absolute Gasteiger partial charge is 0.394 e. The van der Waals surface area contributed by atoms with Crippen LogP contribution in [-0.4, -0.2) is 159 Å². The number of carbonyl (C=O) groups is 4. The van der Waals surface area contributed by atoms with Crippen LogP contribution in [0.3, 0.4) is 0 Å². The molecule has 4 amide bonds. The summed E-state index contributed by atoms with van der Waals surface area (Å²) in [4.78, 5) is 50.7. The second kappa shape index (κ2) is 23.3. The Morgan fingerprint density at radius 1 is 0.660 bits per heavy atom. The van der Waals surface area contributed by atoms with E-state index in [1.54, 1.807) is 18.2 Å². The van der Waals surface area contributed by atoms with Crippen molar-refractivity contribution in [3.63, 3.8) is 0 Å². The van der Waals surface area contributed by atoms with Crippen molar-refractivity contribution < 1.29 is 62.2 Å². The second-order valence-corrected chi connectivity index (χ2v) is 10.2. The molecule has 264 valence electrons. The molecule has 0 aromatic heterocycles. The molecule has 2 heterocycles. The highest BCUT2D eigenvalue weighted by Crippen LogP contribution is 2.32. The van der Waals surface area contributed by atoms with Crippen LogP contribution >= 0.6 is 0 Å². The fourth-order valence-corrected chi connectivity index (χ4v) is 4.63. The van der Waals surface area contributed by atoms with Gasteiger partial charge in [0.15, 0.2) is 0 Å². The van der Waals surface area contributed by atoms with Crippen LogP contribution in [0.5, 0.6) is 0 Å². The zero-order valence-corrected chi connectivity index (χ0v) is 26.7. The number of benzene rings is 1. The summed E-state index contributed by atoms with van der Waals surface area (Å²) in [5.74, 6) is -2.17. The Bertz CT molecular complexity index is 1110. The van der Waals surface area contributed by atoms with Gasteiger partial charge in [-0.05, 0) is 18.6 Å². The molecule has 0 spiro atoms. The van der Waals surface area contributed by atoms with Crippen LogP contribution in [0.25, 0.3) is 0 Å². The summed E-state index contributed by atoms with van der Waals surface area (Å²) in [6.45, 7) is 7.34. The fraction of sp³-hybridized carbons (Fsp3) is 0.677. The van der Waals surface area contributed by atoms with Crippen LogP contribution in [0.15, 0.2) is 18.2 Å². The highest BCUT2D eigenvalue weighted by atomic mass is 16.6. The molecular formula is C31H47N3O13. The van der Waals surface area contributed by atoms with E-state index in [-0.39, 0.29) is 30.6 Å². The molecule has 1 aromatic carbocycles. The van der Waals surface area contributed by atoms with Crippen LogP contribution in [0, 0.1) is 0 Å². The van der Waals surface area contributed by atoms with Crippen molar-refractivity contribution >= 4 is 29.3 Å². The Morgan fingerprint density at radius 2 is 1.13 bits per heavy atom. The maximum absolute atomic E-state index is 13.1. The van der Waals surface area contributed by atoms with Gasteiger partial charge < -0.3 is 48.3 Å². The molecule has 16 nitrogen and oxygen atoms in total. The summed E-state index contributed by atoms with van der Waals surface area (Å²) in [7, 11) is 0. The summed E-state index contributed by atoms with van der Waals surface area (Å²) in [6.07, 6.45) is 0.171. The first kappa shape index (κ1) is 38.4. The monoisotopic (exact) mass is 669 g/mol. The van der Waals surface area contributed by atoms with Crippen LogP contribution < -0.4 is 10.6 Å². The predicted octanol–water partition coefficient (Wildman–Crippen LogP) is -0.375. The highest BCUT2D eigenvalue weighted by molar-refractivity contribution is 6.25. The van der Waals surface area contributed by atoms with E-state index in [1.807, 2.05) is 0 Å². The number of hydrogen-bond acceptors (Lipinski definition) is 14. The van der Waals surface area contributed by atoms with E-state index >= 15 is 0 Å². The number of hydrogen-bond donors (Lipinski definition) is 3. The van der Waals surface area contributed by atoms with Gasteiger partial charge in [0.25, 0.3) is 11.8 Å². The molecule has 0 radical (unpaired) electrons. The Balaban J connectivity index is 1.09. The van der Waals surface area contributed by atoms with Gasteiger partial charge >= 0.3 is 0 Å². The van der Waals surface area contributed by atoms with E-state index in [2.05, 4.69) is 10.6 Å². The molecule has 1 atom stereocenters. The summed E-state index contributed by atoms with van der Waals surface area (Å²) >= 11 is 0. The van der Waals surface area contributed by atoms with Crippen LogP contribution in [-0.2, 0) is 47.5 Å². The quantitative estimate of drug-likeness (QED) is 0.0774. The number of piperidine rings is 1. The van der Waals surface area contributed by atoms with Crippen molar-refractivity contribution in [3.8, 4) is 0 Å². The topological polar surface area (TPSA) is 190 Å². The lowest BCUT2D eigenvalue weighted by atomic mass is 10.0. The number of aliphatic hydroxyl groups excluding tert-OH is 1. The van der Waals surface area contributed by atoms with E-state index in [9.17, 15) is 19.2 Å². The SMILES string of the molecule is O=C1CCC(N2C(=O)c3cccc(NCCOCCOCCOCCOCCOCCOCCOCCOCCO)c3C2=O)C(=O)N1. The molecule has 0 bridgehead atoms. The normalized spacial score (nSPS) is 16.2. The molecule has 1 fully saturated rings. The summed E-state index contributed by atoms with van der Waals surface area (Å²) < 4.78 is 43.2. The van der Waals surface area contributed by atoms with Crippen molar-refractivity contribution in [2.75, 3.05) is 124 Å². The van der Waals surface area contributed by atoms with Crippen molar-refractivity contribution in [3.05, 3.63) is 29.3 Å². The molecule has 3 rings (SSSR count). The zero-order valence-electron chi connectivity index (χ0n) is 26.7. The van der Waals surface area contributed by atoms with Gasteiger partial charge in [0.2, 0.25) is 11.8 Å². The van der Waals surface area contributed by atoms with Gasteiger partial charge in [-0.25, -0.2) is 0 Å². The van der Waals surface area contributed by atoms with Crippen molar-refractivity contribution in [2.24, 2.45) is 0 Å². The highest BCUT2D eigenvalue weighted by Gasteiger charge is 2.45. The third-order valence-electron chi connectivity index (χ3n) is 6.87. The standard InChI is InChI=1S/C31H47N3O13/c35-7-9-41-11-13-43-15-17-45-19-21-47-23-22-46-20-18-44-16-14-42-12-10-40-8-6-32-25-3-1-2-24-28(25)31(39)34(30(24)38)26-4-5-27(36)33-29(26)37/h1-3,26,32,35H,4-23H2,(H,33,36,37). The summed E-state index contributed by atoms with van der Waals surface area (Å²) in [5, 5.41) is 13.9. The fourth-order valence-electron chi connectivity index (χ4n) is 4.63. The average Bonchev–Trinajstić information content (AvgIpc) is 3.32. The minimum absolute atomic E-state index is 0.00997. The number of anilines is 1. The Labute approximate surface area is 274 Å². The van der Waals surface area contributed by atoms with Crippen molar-refractivity contribution in [1.29, 1.82) is 0 Å². The number of ether oxygens (including phenoxy) is 8. The zero-order chi connectivity index (χ0) is 33.5. The lowest BCUT2D eigenvalue weighted by molar-refractivity contribution is -0.136. The number of rotatable bonds is 28. The first-order chi connectivity index (χ1) is 23.0. The molecular weight excluding hydrogens is 622 g/mol. The molecule has 47 heavy (non-hydrogen) atoms. The van der Waals surface area contributed by atoms with E-state index in [0.29, 0.717) is 118 Å². The van der Waals surface area contributed by atoms with Crippen LogP contribution in [0.1, 0.15) is 33.6 Å². The number of nitrogens with zero attached hydrogens (tertiary/aromatic N) is 1. The number of fused-ring (bicyclic) bond motifs is 1. The molecule has 16 heteroatoms. The Hall–Kier alpha value is -3.06. The number of amides is 4. The average molecular weight is 670 g/mol. The lowest BCUT2D eigenvalue weighted by Crippen LogP contribution is -2.54. The van der Waals surface area contributed by atoms with Gasteiger partial charge in [-0.15, -0.1) is 0 Å². The lowest BCUT2D eigenvalue weighted by Gasteiger charge is -2.27. The number of aliphatic hydroxyl groups is 1. The van der Waals surface area contributed by atoms with Gasteiger partial charge in [0.05, 0.1) is 123 Å². The first-order valence-electron chi connectivity index (χ1n) is 15.9. The Kier molecular flexibility index (Phi) is 19.0. The number of nitrogens with one attached hydrogen (secondary N) is 2. The van der Waals surface area contributed by atoms with E-state index in [0.717, 1.165) is 4.90 Å². The second-order valence-electron chi connectivity index (χ2n) is 10.2. The third-order valence-corrected chi connectivity index (χ3v) is 6.87. The Morgan fingerprint density at radius 3 is 1.60 bits per heavy atom. The van der Waals surface area contributed by atoms with Gasteiger partial charge in [0.1, 0.15) is 6.04 Å². The molecule has 2 aliphatic heterocycles. The maximum Gasteiger partial charge on any atom is 0.264 e. The minimum Gasteiger partial charge on any atom is -0.394 e. The van der Waals surface area contributed by atoms with Gasteiger partial charge in [-0.3, -0.25) is 29.4 Å². The number of imide groups is 2. The van der Waals surface area contributed by atoms with Crippen molar-refractivity contribution in [2.45, 2.75) is 18.9 Å². The molecule has 1 aromatic rings. The van der Waals surface area contributed by atoms with Gasteiger partial charge in [-0.2, -0.15) is 0 Å². The third kappa shape index (κ3) is 13.9. The molecule has 0 saturated carbocycles. The van der Waals surface area contributed by atoms with Crippen LogP contribution in [0.2, 0.25) is 0 Å². The predicted molar refractivity (Wildman–Crippen MR) is 165 cm³/mol. The molecule has 1 unspecified atom stereocenters. The molecule has 2 aliphatic rings. The van der Waals surface area contributed by atoms with E-state index in [1.165, 1.54) is 0 Å². The van der Waals surface area contributed by atoms with Gasteiger partial charge in [0, 0.05) is 18.7 Å². The van der Waals surface area contributed by atoms with Crippen LogP contribution in [0.4, 0.5) is 5.69 Å². The molecule has 1 saturated heterocycles. The minimum atomic E-state index is -1.01. The molecule has 0 aliphatic carbocycles. The van der Waals surface area contributed by atoms with E-state index in [4.69, 9.17) is 43.0 Å². The molecule has 3 N–H and O–H groups in total. The number of carbonyl (C=O) groups excluding carboxylic acids is 4. The maximum atomic E-state index is 13.1. The summed E-state index contributed by atoms with van der Waals surface area (Å²) in [6, 6.07) is 3.90. The smallest absolute Gasteiger partial charge is 0.264 e. The van der Waals surface area contributed by atoms with E-state index < -0.39 is 29.7 Å². The first-order valence-corrected chi connectivity index (χ1v) is 15.9. The van der Waals surface area contributed by atoms with Crippen molar-refractivity contribution in [1.82, 2.24) is 10.2 Å².